The Kier molecular flexibility index (Phi) is 7.63. The molecule has 0 fully saturated rings. The van der Waals surface area contributed by atoms with E-state index < -0.39 is 5.91 Å². The van der Waals surface area contributed by atoms with Crippen LogP contribution in [0.2, 0.25) is 0 Å². The minimum Gasteiger partial charge on any atom is -0.493 e. The van der Waals surface area contributed by atoms with Gasteiger partial charge in [-0.15, -0.1) is 0 Å². The van der Waals surface area contributed by atoms with Gasteiger partial charge in [0.1, 0.15) is 0 Å². The summed E-state index contributed by atoms with van der Waals surface area (Å²) < 4.78 is 30.7. The van der Waals surface area contributed by atoms with Crippen molar-refractivity contribution in [3.8, 4) is 28.7 Å². The summed E-state index contributed by atoms with van der Waals surface area (Å²) in [4.78, 5) is 18.0. The van der Waals surface area contributed by atoms with Crippen LogP contribution in [0.1, 0.15) is 31.1 Å². The Hall–Kier alpha value is -3.20. The van der Waals surface area contributed by atoms with Gasteiger partial charge in [0.05, 0.1) is 44.3 Å². The molecule has 172 valence electrons. The topological polar surface area (TPSA) is 80.5 Å². The standard InChI is InChI=1S/C23H28N2O6S/c1-7-29-18-10-14(11-19(30-8-2)21(18)31-9-3)22(26)24-23-25(4)15-12-16(27-5)17(28-6)13-20(15)32-23/h10-13H,7-9H2,1-6H3. The van der Waals surface area contributed by atoms with E-state index >= 15 is 0 Å². The summed E-state index contributed by atoms with van der Waals surface area (Å²) in [5, 5.41) is 0. The van der Waals surface area contributed by atoms with Crippen LogP contribution in [0.4, 0.5) is 0 Å². The highest BCUT2D eigenvalue weighted by Crippen LogP contribution is 2.39. The van der Waals surface area contributed by atoms with E-state index in [4.69, 9.17) is 23.7 Å². The van der Waals surface area contributed by atoms with Gasteiger partial charge in [0.25, 0.3) is 5.91 Å². The Labute approximate surface area is 191 Å². The number of nitrogens with zero attached hydrogens (tertiary/aromatic N) is 2. The lowest BCUT2D eigenvalue weighted by atomic mass is 10.1. The number of ether oxygens (including phenoxy) is 5. The Morgan fingerprint density at radius 1 is 0.875 bits per heavy atom. The van der Waals surface area contributed by atoms with Gasteiger partial charge in [-0.1, -0.05) is 11.3 Å². The van der Waals surface area contributed by atoms with Crippen LogP contribution in [-0.2, 0) is 7.05 Å². The van der Waals surface area contributed by atoms with Crippen LogP contribution in [0.25, 0.3) is 10.2 Å². The number of aromatic nitrogens is 1. The molecule has 0 saturated carbocycles. The Balaban J connectivity index is 2.10. The molecular weight excluding hydrogens is 432 g/mol. The van der Waals surface area contributed by atoms with Crippen molar-refractivity contribution in [2.24, 2.45) is 12.0 Å². The SMILES string of the molecule is CCOc1cc(C(=O)N=c2sc3cc(OC)c(OC)cc3n2C)cc(OCC)c1OCC. The molecule has 0 aliphatic carbocycles. The molecule has 0 aliphatic rings. The van der Waals surface area contributed by atoms with Gasteiger partial charge in [0, 0.05) is 24.7 Å². The van der Waals surface area contributed by atoms with Crippen molar-refractivity contribution in [1.29, 1.82) is 0 Å². The molecule has 0 N–H and O–H groups in total. The first-order valence-electron chi connectivity index (χ1n) is 10.3. The average Bonchev–Trinajstić information content (AvgIpc) is 3.09. The molecule has 3 rings (SSSR count). The quantitative estimate of drug-likeness (QED) is 0.476. The Morgan fingerprint density at radius 3 is 1.97 bits per heavy atom. The summed E-state index contributed by atoms with van der Waals surface area (Å²) >= 11 is 1.39. The summed E-state index contributed by atoms with van der Waals surface area (Å²) in [6.07, 6.45) is 0. The lowest BCUT2D eigenvalue weighted by Gasteiger charge is -2.16. The van der Waals surface area contributed by atoms with Gasteiger partial charge in [-0.25, -0.2) is 0 Å². The molecule has 0 aliphatic heterocycles. The third-order valence-corrected chi connectivity index (χ3v) is 5.76. The first-order valence-corrected chi connectivity index (χ1v) is 11.2. The van der Waals surface area contributed by atoms with E-state index in [0.29, 0.717) is 58.9 Å². The van der Waals surface area contributed by atoms with Crippen LogP contribution in [0.3, 0.4) is 0 Å². The van der Waals surface area contributed by atoms with Crippen LogP contribution in [0.15, 0.2) is 29.3 Å². The number of hydrogen-bond donors (Lipinski definition) is 0. The van der Waals surface area contributed by atoms with Crippen LogP contribution < -0.4 is 28.5 Å². The normalized spacial score (nSPS) is 11.5. The zero-order valence-corrected chi connectivity index (χ0v) is 20.0. The van der Waals surface area contributed by atoms with Gasteiger partial charge in [-0.05, 0) is 32.9 Å². The van der Waals surface area contributed by atoms with Crippen molar-refractivity contribution in [3.63, 3.8) is 0 Å². The van der Waals surface area contributed by atoms with Crippen LogP contribution in [0.5, 0.6) is 28.7 Å². The minimum absolute atomic E-state index is 0.355. The monoisotopic (exact) mass is 460 g/mol. The molecule has 1 aromatic heterocycles. The summed E-state index contributed by atoms with van der Waals surface area (Å²) in [7, 11) is 5.03. The van der Waals surface area contributed by atoms with Crippen molar-refractivity contribution in [2.45, 2.75) is 20.8 Å². The summed E-state index contributed by atoms with van der Waals surface area (Å²) in [5.41, 5.74) is 1.24. The van der Waals surface area contributed by atoms with Crippen LogP contribution in [0, 0.1) is 0 Å². The zero-order chi connectivity index (χ0) is 23.3. The molecule has 0 atom stereocenters. The third kappa shape index (κ3) is 4.67. The van der Waals surface area contributed by atoms with E-state index in [-0.39, 0.29) is 0 Å². The van der Waals surface area contributed by atoms with Crippen molar-refractivity contribution in [3.05, 3.63) is 34.6 Å². The van der Waals surface area contributed by atoms with Gasteiger partial charge in [0.15, 0.2) is 27.8 Å². The second-order valence-electron chi connectivity index (χ2n) is 6.64. The van der Waals surface area contributed by atoms with Crippen LogP contribution >= 0.6 is 11.3 Å². The maximum absolute atomic E-state index is 13.1. The number of methoxy groups -OCH3 is 2. The summed E-state index contributed by atoms with van der Waals surface area (Å²) in [6, 6.07) is 7.02. The largest absolute Gasteiger partial charge is 0.493 e. The Morgan fingerprint density at radius 2 is 1.44 bits per heavy atom. The second kappa shape index (κ2) is 10.4. The van der Waals surface area contributed by atoms with E-state index in [9.17, 15) is 4.79 Å². The number of amides is 1. The predicted molar refractivity (Wildman–Crippen MR) is 124 cm³/mol. The number of hydrogen-bond acceptors (Lipinski definition) is 7. The number of carbonyl (C=O) groups excluding carboxylic acids is 1. The number of fused-ring (bicyclic) bond motifs is 1. The highest BCUT2D eigenvalue weighted by Gasteiger charge is 2.19. The molecule has 0 radical (unpaired) electrons. The lowest BCUT2D eigenvalue weighted by molar-refractivity contribution is 0.0997. The van der Waals surface area contributed by atoms with E-state index in [1.807, 2.05) is 44.5 Å². The first-order chi connectivity index (χ1) is 15.5. The molecule has 0 unspecified atom stereocenters. The highest BCUT2D eigenvalue weighted by molar-refractivity contribution is 7.16. The summed E-state index contributed by atoms with van der Waals surface area (Å²) in [6.45, 7) is 6.92. The number of thiazole rings is 1. The van der Waals surface area contributed by atoms with Gasteiger partial charge < -0.3 is 28.3 Å². The maximum Gasteiger partial charge on any atom is 0.279 e. The molecule has 1 heterocycles. The molecule has 0 spiro atoms. The van der Waals surface area contributed by atoms with E-state index in [1.165, 1.54) is 11.3 Å². The van der Waals surface area contributed by atoms with Crippen molar-refractivity contribution in [1.82, 2.24) is 4.57 Å². The van der Waals surface area contributed by atoms with E-state index in [0.717, 1.165) is 10.2 Å². The summed E-state index contributed by atoms with van der Waals surface area (Å²) in [5.74, 6) is 2.22. The zero-order valence-electron chi connectivity index (χ0n) is 19.2. The molecule has 3 aromatic rings. The highest BCUT2D eigenvalue weighted by atomic mass is 32.1. The Bertz CT molecular complexity index is 1150. The molecule has 0 saturated heterocycles. The lowest BCUT2D eigenvalue weighted by Crippen LogP contribution is -2.13. The third-order valence-electron chi connectivity index (χ3n) is 4.67. The molecule has 1 amide bonds. The molecule has 9 heteroatoms. The number of aryl methyl sites for hydroxylation is 1. The minimum atomic E-state index is -0.406. The molecule has 0 bridgehead atoms. The fourth-order valence-electron chi connectivity index (χ4n) is 3.22. The number of benzene rings is 2. The average molecular weight is 461 g/mol. The van der Waals surface area contributed by atoms with Gasteiger partial charge >= 0.3 is 0 Å². The fourth-order valence-corrected chi connectivity index (χ4v) is 4.25. The van der Waals surface area contributed by atoms with Crippen molar-refractivity contribution < 1.29 is 28.5 Å². The molecule has 8 nitrogen and oxygen atoms in total. The van der Waals surface area contributed by atoms with Gasteiger partial charge in [-0.3, -0.25) is 4.79 Å². The van der Waals surface area contributed by atoms with Crippen LogP contribution in [-0.4, -0.2) is 44.5 Å². The van der Waals surface area contributed by atoms with Crippen molar-refractivity contribution in [2.75, 3.05) is 34.0 Å². The molecular formula is C23H28N2O6S. The van der Waals surface area contributed by atoms with Gasteiger partial charge in [-0.2, -0.15) is 4.99 Å². The van der Waals surface area contributed by atoms with Gasteiger partial charge in [0.2, 0.25) is 5.75 Å². The smallest absolute Gasteiger partial charge is 0.279 e. The van der Waals surface area contributed by atoms with E-state index in [1.54, 1.807) is 26.4 Å². The fraction of sp³-hybridized carbons (Fsp3) is 0.391. The first kappa shape index (κ1) is 23.5. The van der Waals surface area contributed by atoms with E-state index in [2.05, 4.69) is 4.99 Å². The molecule has 2 aromatic carbocycles. The number of rotatable bonds is 9. The maximum atomic E-state index is 13.1. The predicted octanol–water partition coefficient (Wildman–Crippen LogP) is 4.19. The second-order valence-corrected chi connectivity index (χ2v) is 7.65. The van der Waals surface area contributed by atoms with Crippen molar-refractivity contribution >= 4 is 27.5 Å². The molecule has 32 heavy (non-hydrogen) atoms. The number of carbonyl (C=O) groups is 1.